The van der Waals surface area contributed by atoms with Crippen molar-refractivity contribution in [1.29, 1.82) is 0 Å². The monoisotopic (exact) mass is 608 g/mol. The number of aliphatic hydroxyl groups excluding tert-OH is 1. The molecule has 4 aromatic rings. The molecule has 0 bridgehead atoms. The predicted octanol–water partition coefficient (Wildman–Crippen LogP) is 6.42. The van der Waals surface area contributed by atoms with Gasteiger partial charge < -0.3 is 14.0 Å². The maximum Gasteiger partial charge on any atom is 0.261 e. The molecular formula is C38H48O3Si2. The zero-order chi connectivity index (χ0) is 30.7. The van der Waals surface area contributed by atoms with Crippen molar-refractivity contribution in [2.75, 3.05) is 0 Å². The molecule has 0 saturated heterocycles. The van der Waals surface area contributed by atoms with E-state index in [9.17, 15) is 5.11 Å². The number of hydrogen-bond donors (Lipinski definition) is 1. The highest BCUT2D eigenvalue weighted by molar-refractivity contribution is 7.00. The van der Waals surface area contributed by atoms with Crippen molar-refractivity contribution in [3.63, 3.8) is 0 Å². The van der Waals surface area contributed by atoms with Crippen molar-refractivity contribution in [2.24, 2.45) is 0 Å². The summed E-state index contributed by atoms with van der Waals surface area (Å²) in [4.78, 5) is 0. The Bertz CT molecular complexity index is 1240. The second kappa shape index (κ2) is 12.7. The van der Waals surface area contributed by atoms with Crippen LogP contribution in [0.15, 0.2) is 121 Å². The van der Waals surface area contributed by atoms with E-state index in [1.165, 1.54) is 20.7 Å². The molecule has 226 valence electrons. The molecule has 43 heavy (non-hydrogen) atoms. The minimum atomic E-state index is -2.77. The van der Waals surface area contributed by atoms with E-state index in [2.05, 4.69) is 163 Å². The van der Waals surface area contributed by atoms with Gasteiger partial charge in [-0.2, -0.15) is 0 Å². The summed E-state index contributed by atoms with van der Waals surface area (Å²) in [6, 6.07) is 43.2. The predicted molar refractivity (Wildman–Crippen MR) is 185 cm³/mol. The van der Waals surface area contributed by atoms with Crippen LogP contribution in [0.3, 0.4) is 0 Å². The fraction of sp³-hybridized carbons (Fsp3) is 0.368. The molecule has 3 nitrogen and oxygen atoms in total. The van der Waals surface area contributed by atoms with E-state index < -0.39 is 22.7 Å². The second-order valence-electron chi connectivity index (χ2n) is 14.2. The Morgan fingerprint density at radius 1 is 0.465 bits per heavy atom. The SMILES string of the molecule is CC(C)(C)[Si](OC1CC(O)CC(O[Si](c2ccccc2)(c2ccccc2)C(C)(C)C)C1)(c1ccccc1)c1ccccc1. The molecule has 2 unspecified atom stereocenters. The van der Waals surface area contributed by atoms with Gasteiger partial charge in [0.25, 0.3) is 16.6 Å². The smallest absolute Gasteiger partial charge is 0.261 e. The summed E-state index contributed by atoms with van der Waals surface area (Å²) < 4.78 is 15.1. The largest absolute Gasteiger partial charge is 0.404 e. The minimum absolute atomic E-state index is 0.127. The molecule has 1 aliphatic carbocycles. The van der Waals surface area contributed by atoms with Crippen LogP contribution in [-0.2, 0) is 8.85 Å². The lowest BCUT2D eigenvalue weighted by molar-refractivity contribution is -0.0126. The Morgan fingerprint density at radius 3 is 0.953 bits per heavy atom. The fourth-order valence-corrected chi connectivity index (χ4v) is 16.7. The first-order chi connectivity index (χ1) is 20.5. The Kier molecular flexibility index (Phi) is 9.31. The summed E-state index contributed by atoms with van der Waals surface area (Å²) in [5.41, 5.74) is 0. The van der Waals surface area contributed by atoms with E-state index in [4.69, 9.17) is 8.85 Å². The van der Waals surface area contributed by atoms with Gasteiger partial charge in [0.1, 0.15) is 0 Å². The first kappa shape index (κ1) is 31.6. The highest BCUT2D eigenvalue weighted by Crippen LogP contribution is 2.42. The summed E-state index contributed by atoms with van der Waals surface area (Å²) in [6.45, 7) is 13.9. The third-order valence-corrected chi connectivity index (χ3v) is 19.3. The molecule has 1 aliphatic rings. The first-order valence-electron chi connectivity index (χ1n) is 15.7. The zero-order valence-corrected chi connectivity index (χ0v) is 28.7. The molecule has 5 heteroatoms. The van der Waals surface area contributed by atoms with Crippen LogP contribution in [-0.4, -0.2) is 40.1 Å². The highest BCUT2D eigenvalue weighted by atomic mass is 28.4. The van der Waals surface area contributed by atoms with Crippen LogP contribution in [0, 0.1) is 0 Å². The summed E-state index contributed by atoms with van der Waals surface area (Å²) >= 11 is 0. The second-order valence-corrected chi connectivity index (χ2v) is 22.7. The van der Waals surface area contributed by atoms with Gasteiger partial charge in [-0.25, -0.2) is 0 Å². The van der Waals surface area contributed by atoms with Gasteiger partial charge in [-0.15, -0.1) is 0 Å². The Labute approximate surface area is 261 Å². The van der Waals surface area contributed by atoms with Gasteiger partial charge in [0, 0.05) is 0 Å². The molecule has 1 saturated carbocycles. The van der Waals surface area contributed by atoms with E-state index in [1.54, 1.807) is 0 Å². The molecule has 0 amide bonds. The molecular weight excluding hydrogens is 561 g/mol. The van der Waals surface area contributed by atoms with Crippen LogP contribution in [0.1, 0.15) is 60.8 Å². The van der Waals surface area contributed by atoms with Crippen molar-refractivity contribution in [2.45, 2.75) is 89.2 Å². The molecule has 0 aliphatic heterocycles. The van der Waals surface area contributed by atoms with E-state index in [-0.39, 0.29) is 22.3 Å². The van der Waals surface area contributed by atoms with Crippen LogP contribution < -0.4 is 20.7 Å². The number of hydrogen-bond acceptors (Lipinski definition) is 3. The van der Waals surface area contributed by atoms with Crippen molar-refractivity contribution in [3.05, 3.63) is 121 Å². The molecule has 1 fully saturated rings. The van der Waals surface area contributed by atoms with Gasteiger partial charge in [-0.05, 0) is 50.1 Å². The molecule has 2 atom stereocenters. The molecule has 0 spiro atoms. The van der Waals surface area contributed by atoms with Gasteiger partial charge >= 0.3 is 0 Å². The fourth-order valence-electron chi connectivity index (χ4n) is 7.26. The van der Waals surface area contributed by atoms with Crippen molar-refractivity contribution in [3.8, 4) is 0 Å². The van der Waals surface area contributed by atoms with Crippen LogP contribution in [0.2, 0.25) is 10.1 Å². The molecule has 0 aromatic heterocycles. The zero-order valence-electron chi connectivity index (χ0n) is 26.7. The van der Waals surface area contributed by atoms with E-state index in [0.29, 0.717) is 12.8 Å². The summed E-state index contributed by atoms with van der Waals surface area (Å²) in [6.07, 6.45) is 1.25. The third-order valence-electron chi connectivity index (χ3n) is 9.12. The lowest BCUT2D eigenvalue weighted by atomic mass is 9.93. The standard InChI is InChI=1S/C38H48O3Si2/c1-37(2,3)42(33-19-11-7-12-20-33,34-21-13-8-14-22-34)40-31-27-30(39)28-32(29-31)41-43(38(4,5)6,35-23-15-9-16-24-35)36-25-17-10-18-26-36/h7-26,30-32,39H,27-29H2,1-6H3. The quantitative estimate of drug-likeness (QED) is 0.235. The lowest BCUT2D eigenvalue weighted by Crippen LogP contribution is -2.69. The lowest BCUT2D eigenvalue weighted by Gasteiger charge is -2.49. The summed E-state index contributed by atoms with van der Waals surface area (Å²) in [5.74, 6) is 0. The van der Waals surface area contributed by atoms with Gasteiger partial charge in [0.05, 0.1) is 18.3 Å². The number of benzene rings is 4. The average Bonchev–Trinajstić information content (AvgIpc) is 2.99. The van der Waals surface area contributed by atoms with E-state index in [0.717, 1.165) is 6.42 Å². The Balaban J connectivity index is 1.57. The van der Waals surface area contributed by atoms with Gasteiger partial charge in [0.2, 0.25) is 0 Å². The minimum Gasteiger partial charge on any atom is -0.404 e. The van der Waals surface area contributed by atoms with Gasteiger partial charge in [0.15, 0.2) is 0 Å². The third kappa shape index (κ3) is 6.24. The molecule has 0 heterocycles. The topological polar surface area (TPSA) is 38.7 Å². The Morgan fingerprint density at radius 2 is 0.721 bits per heavy atom. The summed E-state index contributed by atoms with van der Waals surface area (Å²) in [7, 11) is -5.55. The van der Waals surface area contributed by atoms with Crippen LogP contribution >= 0.6 is 0 Å². The van der Waals surface area contributed by atoms with Gasteiger partial charge in [-0.1, -0.05) is 163 Å². The van der Waals surface area contributed by atoms with Crippen LogP contribution in [0.4, 0.5) is 0 Å². The number of aliphatic hydroxyl groups is 1. The normalized spacial score (nSPS) is 20.1. The maximum absolute atomic E-state index is 11.4. The number of rotatable bonds is 8. The maximum atomic E-state index is 11.4. The van der Waals surface area contributed by atoms with Crippen molar-refractivity contribution in [1.82, 2.24) is 0 Å². The molecule has 4 aromatic carbocycles. The van der Waals surface area contributed by atoms with E-state index in [1.807, 2.05) is 0 Å². The van der Waals surface area contributed by atoms with Crippen molar-refractivity contribution >= 4 is 37.4 Å². The highest BCUT2D eigenvalue weighted by Gasteiger charge is 2.54. The Hall–Kier alpha value is -2.81. The first-order valence-corrected chi connectivity index (χ1v) is 19.5. The summed E-state index contributed by atoms with van der Waals surface area (Å²) in [5, 5.41) is 16.2. The van der Waals surface area contributed by atoms with Crippen LogP contribution in [0.25, 0.3) is 0 Å². The molecule has 1 N–H and O–H groups in total. The van der Waals surface area contributed by atoms with E-state index >= 15 is 0 Å². The van der Waals surface area contributed by atoms with Crippen molar-refractivity contribution < 1.29 is 14.0 Å². The van der Waals surface area contributed by atoms with Gasteiger partial charge in [-0.3, -0.25) is 0 Å². The molecule has 0 radical (unpaired) electrons. The van der Waals surface area contributed by atoms with Crippen LogP contribution in [0.5, 0.6) is 0 Å². The average molecular weight is 609 g/mol. The molecule has 5 rings (SSSR count).